The fourth-order valence-electron chi connectivity index (χ4n) is 3.61. The Hall–Kier alpha value is -2.39. The topological polar surface area (TPSA) is 120 Å². The number of rotatable bonds is 6. The number of benzene rings is 1. The van der Waals surface area contributed by atoms with Crippen molar-refractivity contribution in [2.45, 2.75) is 31.5 Å². The molecule has 2 aromatic rings. The predicted molar refractivity (Wildman–Crippen MR) is 95.0 cm³/mol. The number of aromatic nitrogens is 1. The van der Waals surface area contributed by atoms with E-state index in [4.69, 9.17) is 5.11 Å². The largest absolute Gasteiger partial charge is 0.480 e. The zero-order valence-corrected chi connectivity index (χ0v) is 15.2. The molecule has 26 heavy (non-hydrogen) atoms. The Morgan fingerprint density at radius 1 is 1.23 bits per heavy atom. The second kappa shape index (κ2) is 7.08. The summed E-state index contributed by atoms with van der Waals surface area (Å²) in [5, 5.41) is 29.0. The molecule has 1 saturated heterocycles. The van der Waals surface area contributed by atoms with Crippen molar-refractivity contribution in [2.24, 2.45) is 0 Å². The third-order valence-corrected chi connectivity index (χ3v) is 5.11. The average Bonchev–Trinajstić information content (AvgIpc) is 3.13. The van der Waals surface area contributed by atoms with Gasteiger partial charge >= 0.3 is 17.9 Å². The molecule has 0 saturated carbocycles. The minimum Gasteiger partial charge on any atom is -0.480 e. The highest BCUT2D eigenvalue weighted by Crippen LogP contribution is 2.36. The summed E-state index contributed by atoms with van der Waals surface area (Å²) in [5.74, 6) is -3.26. The van der Waals surface area contributed by atoms with Gasteiger partial charge in [-0.3, -0.25) is 19.3 Å². The van der Waals surface area contributed by atoms with Crippen molar-refractivity contribution in [3.8, 4) is 0 Å². The van der Waals surface area contributed by atoms with E-state index in [1.807, 2.05) is 0 Å². The smallest absolute Gasteiger partial charge is 0.325 e. The SMILES string of the molecule is O=C(O)Cn1cc(C(C(=O)O)N2CCC[C@H]2C(=O)O)c2cc(Br)ccc21. The molecule has 2 atom stereocenters. The van der Waals surface area contributed by atoms with Gasteiger partial charge in [-0.05, 0) is 31.0 Å². The van der Waals surface area contributed by atoms with Gasteiger partial charge in [-0.15, -0.1) is 0 Å². The molecule has 0 radical (unpaired) electrons. The van der Waals surface area contributed by atoms with Crippen LogP contribution in [0.1, 0.15) is 24.4 Å². The normalized spacial score (nSPS) is 18.9. The Kier molecular flexibility index (Phi) is 5.01. The molecule has 138 valence electrons. The van der Waals surface area contributed by atoms with E-state index in [9.17, 15) is 24.6 Å². The van der Waals surface area contributed by atoms with Gasteiger partial charge in [0.2, 0.25) is 0 Å². The van der Waals surface area contributed by atoms with Crippen molar-refractivity contribution in [3.63, 3.8) is 0 Å². The molecule has 1 aliphatic heterocycles. The number of halogens is 1. The third-order valence-electron chi connectivity index (χ3n) is 4.62. The van der Waals surface area contributed by atoms with Crippen LogP contribution in [0.3, 0.4) is 0 Å². The van der Waals surface area contributed by atoms with Gasteiger partial charge in [-0.2, -0.15) is 0 Å². The standard InChI is InChI=1S/C17H17BrN2O6/c18-9-3-4-12-10(6-9)11(7-19(12)8-14(21)22)15(17(25)26)20-5-1-2-13(20)16(23)24/h3-4,6-7,13,15H,1-2,5,8H2,(H,21,22)(H,23,24)(H,25,26)/t13-,15?/m0/s1. The van der Waals surface area contributed by atoms with Crippen molar-refractivity contribution in [2.75, 3.05) is 6.54 Å². The van der Waals surface area contributed by atoms with Crippen LogP contribution in [0.2, 0.25) is 0 Å². The average molecular weight is 425 g/mol. The van der Waals surface area contributed by atoms with Crippen molar-refractivity contribution in [1.82, 2.24) is 9.47 Å². The lowest BCUT2D eigenvalue weighted by atomic mass is 10.0. The summed E-state index contributed by atoms with van der Waals surface area (Å²) in [5.41, 5.74) is 0.978. The summed E-state index contributed by atoms with van der Waals surface area (Å²) in [6.45, 7) is 0.0420. The molecule has 3 N–H and O–H groups in total. The zero-order valence-electron chi connectivity index (χ0n) is 13.6. The van der Waals surface area contributed by atoms with Crippen LogP contribution in [0.15, 0.2) is 28.9 Å². The van der Waals surface area contributed by atoms with Gasteiger partial charge in [0, 0.05) is 33.7 Å². The molecule has 2 heterocycles. The van der Waals surface area contributed by atoms with Crippen molar-refractivity contribution < 1.29 is 29.7 Å². The zero-order chi connectivity index (χ0) is 19.0. The molecule has 8 nitrogen and oxygen atoms in total. The maximum atomic E-state index is 12.0. The lowest BCUT2D eigenvalue weighted by Gasteiger charge is -2.27. The lowest BCUT2D eigenvalue weighted by Crippen LogP contribution is -2.41. The van der Waals surface area contributed by atoms with Gasteiger partial charge in [0.05, 0.1) is 0 Å². The molecule has 0 amide bonds. The van der Waals surface area contributed by atoms with E-state index in [-0.39, 0.29) is 6.54 Å². The highest BCUT2D eigenvalue weighted by atomic mass is 79.9. The van der Waals surface area contributed by atoms with E-state index in [2.05, 4.69) is 15.9 Å². The van der Waals surface area contributed by atoms with Crippen LogP contribution in [-0.4, -0.2) is 55.3 Å². The number of hydrogen-bond acceptors (Lipinski definition) is 4. The van der Waals surface area contributed by atoms with Gasteiger partial charge in [-0.1, -0.05) is 15.9 Å². The monoisotopic (exact) mass is 424 g/mol. The van der Waals surface area contributed by atoms with Gasteiger partial charge < -0.3 is 19.9 Å². The molecule has 1 aliphatic rings. The third kappa shape index (κ3) is 3.32. The molecular formula is C17H17BrN2O6. The van der Waals surface area contributed by atoms with Crippen LogP contribution in [0, 0.1) is 0 Å². The van der Waals surface area contributed by atoms with Crippen LogP contribution in [-0.2, 0) is 20.9 Å². The minimum atomic E-state index is -1.16. The van der Waals surface area contributed by atoms with Crippen LogP contribution in [0.25, 0.3) is 10.9 Å². The number of nitrogens with zero attached hydrogens (tertiary/aromatic N) is 2. The maximum Gasteiger partial charge on any atom is 0.325 e. The van der Waals surface area contributed by atoms with Gasteiger partial charge in [-0.25, -0.2) is 0 Å². The molecule has 9 heteroatoms. The van der Waals surface area contributed by atoms with E-state index >= 15 is 0 Å². The van der Waals surface area contributed by atoms with Crippen LogP contribution < -0.4 is 0 Å². The number of likely N-dealkylation sites (tertiary alicyclic amines) is 1. The Morgan fingerprint density at radius 2 is 1.96 bits per heavy atom. The Labute approximate surface area is 156 Å². The second-order valence-electron chi connectivity index (χ2n) is 6.24. The van der Waals surface area contributed by atoms with Crippen LogP contribution in [0.4, 0.5) is 0 Å². The first kappa shape index (κ1) is 18.4. The Bertz CT molecular complexity index is 893. The first-order chi connectivity index (χ1) is 12.3. The van der Waals surface area contributed by atoms with Gasteiger partial charge in [0.1, 0.15) is 18.6 Å². The summed E-state index contributed by atoms with van der Waals surface area (Å²) >= 11 is 3.35. The minimum absolute atomic E-state index is 0.313. The van der Waals surface area contributed by atoms with Crippen LogP contribution in [0.5, 0.6) is 0 Å². The fourth-order valence-corrected chi connectivity index (χ4v) is 3.97. The molecule has 1 aromatic carbocycles. The summed E-state index contributed by atoms with van der Waals surface area (Å²) in [6, 6.07) is 3.15. The lowest BCUT2D eigenvalue weighted by molar-refractivity contribution is -0.149. The highest BCUT2D eigenvalue weighted by Gasteiger charge is 2.40. The van der Waals surface area contributed by atoms with Crippen molar-refractivity contribution >= 4 is 44.7 Å². The number of hydrogen-bond donors (Lipinski definition) is 3. The van der Waals surface area contributed by atoms with Gasteiger partial charge in [0.15, 0.2) is 0 Å². The highest BCUT2D eigenvalue weighted by molar-refractivity contribution is 9.10. The molecular weight excluding hydrogens is 408 g/mol. The molecule has 0 aliphatic carbocycles. The summed E-state index contributed by atoms with van der Waals surface area (Å²) in [6.07, 6.45) is 2.48. The maximum absolute atomic E-state index is 12.0. The number of carboxylic acids is 3. The first-order valence-corrected chi connectivity index (χ1v) is 8.80. The van der Waals surface area contributed by atoms with Crippen LogP contribution >= 0.6 is 15.9 Å². The predicted octanol–water partition coefficient (Wildman–Crippen LogP) is 2.16. The molecule has 1 unspecified atom stereocenters. The fraction of sp³-hybridized carbons (Fsp3) is 0.353. The van der Waals surface area contributed by atoms with E-state index < -0.39 is 30.0 Å². The Morgan fingerprint density at radius 3 is 2.58 bits per heavy atom. The van der Waals surface area contributed by atoms with Gasteiger partial charge in [0.25, 0.3) is 0 Å². The van der Waals surface area contributed by atoms with E-state index in [0.717, 1.165) is 4.47 Å². The van der Waals surface area contributed by atoms with E-state index in [1.54, 1.807) is 18.2 Å². The summed E-state index contributed by atoms with van der Waals surface area (Å²) in [7, 11) is 0. The van der Waals surface area contributed by atoms with E-state index in [1.165, 1.54) is 15.7 Å². The Balaban J connectivity index is 2.17. The first-order valence-electron chi connectivity index (χ1n) is 8.01. The number of fused-ring (bicyclic) bond motifs is 1. The number of carbonyl (C=O) groups is 3. The molecule has 3 rings (SSSR count). The van der Waals surface area contributed by atoms with Crippen molar-refractivity contribution in [3.05, 3.63) is 34.4 Å². The number of carboxylic acid groups (broad SMARTS) is 3. The summed E-state index contributed by atoms with van der Waals surface area (Å²) in [4.78, 5) is 36.2. The number of aliphatic carboxylic acids is 3. The van der Waals surface area contributed by atoms with E-state index in [0.29, 0.717) is 35.9 Å². The molecule has 1 aromatic heterocycles. The summed E-state index contributed by atoms with van der Waals surface area (Å²) < 4.78 is 2.20. The molecule has 1 fully saturated rings. The molecule has 0 spiro atoms. The molecule has 0 bridgehead atoms. The second-order valence-corrected chi connectivity index (χ2v) is 7.16. The van der Waals surface area contributed by atoms with Crippen molar-refractivity contribution in [1.29, 1.82) is 0 Å². The quantitative estimate of drug-likeness (QED) is 0.649.